The molecule has 0 spiro atoms. The Labute approximate surface area is 190 Å². The summed E-state index contributed by atoms with van der Waals surface area (Å²) in [6.45, 7) is 1.45. The molecule has 3 aromatic rings. The zero-order chi connectivity index (χ0) is 22.8. The molecule has 3 aromatic carbocycles. The van der Waals surface area contributed by atoms with Gasteiger partial charge in [0.25, 0.3) is 0 Å². The Morgan fingerprint density at radius 3 is 2.16 bits per heavy atom. The quantitative estimate of drug-likeness (QED) is 0.498. The number of rotatable bonds is 6. The number of hydrogen-bond donors (Lipinski definition) is 0. The van der Waals surface area contributed by atoms with Gasteiger partial charge >= 0.3 is 0 Å². The van der Waals surface area contributed by atoms with Crippen LogP contribution < -0.4 is 19.4 Å². The number of methoxy groups -OCH3 is 2. The predicted molar refractivity (Wildman–Crippen MR) is 123 cm³/mol. The number of carbonyl (C=O) groups is 1. The van der Waals surface area contributed by atoms with E-state index in [0.29, 0.717) is 22.2 Å². The van der Waals surface area contributed by atoms with E-state index in [-0.39, 0.29) is 17.4 Å². The van der Waals surface area contributed by atoms with Crippen LogP contribution in [0.3, 0.4) is 0 Å². The molecule has 0 N–H and O–H groups in total. The van der Waals surface area contributed by atoms with E-state index >= 15 is 0 Å². The van der Waals surface area contributed by atoms with Crippen molar-refractivity contribution in [3.05, 3.63) is 83.1 Å². The summed E-state index contributed by atoms with van der Waals surface area (Å²) < 4.78 is 24.5. The van der Waals surface area contributed by atoms with E-state index in [1.165, 1.54) is 19.1 Å². The lowest BCUT2D eigenvalue weighted by Gasteiger charge is -2.32. The van der Waals surface area contributed by atoms with Crippen LogP contribution in [0, 0.1) is 5.82 Å². The molecule has 0 saturated carbocycles. The van der Waals surface area contributed by atoms with Gasteiger partial charge in [-0.1, -0.05) is 17.7 Å². The molecule has 0 aromatic heterocycles. The highest BCUT2D eigenvalue weighted by Gasteiger charge is 2.39. The van der Waals surface area contributed by atoms with Crippen LogP contribution in [0.1, 0.15) is 18.7 Å². The molecular weight excluding hydrogens is 433 g/mol. The van der Waals surface area contributed by atoms with Crippen LogP contribution >= 0.6 is 11.6 Å². The third-order valence-electron chi connectivity index (χ3n) is 5.12. The molecular formula is C24H21ClFN3O3. The first kappa shape index (κ1) is 21.6. The summed E-state index contributed by atoms with van der Waals surface area (Å²) in [7, 11) is 3.12. The van der Waals surface area contributed by atoms with E-state index in [2.05, 4.69) is 5.10 Å². The first-order valence-electron chi connectivity index (χ1n) is 9.84. The maximum atomic E-state index is 13.6. The van der Waals surface area contributed by atoms with Crippen molar-refractivity contribution in [3.63, 3.8) is 0 Å². The van der Waals surface area contributed by atoms with Crippen LogP contribution in [0.4, 0.5) is 15.8 Å². The molecule has 1 atom stereocenters. The van der Waals surface area contributed by atoms with Crippen molar-refractivity contribution < 1.29 is 18.7 Å². The molecule has 0 fully saturated rings. The first-order chi connectivity index (χ1) is 15.4. The highest BCUT2D eigenvalue weighted by atomic mass is 35.5. The molecule has 4 rings (SSSR count). The fourth-order valence-corrected chi connectivity index (χ4v) is 3.76. The van der Waals surface area contributed by atoms with Crippen LogP contribution in [0.5, 0.6) is 11.5 Å². The number of ketones is 1. The smallest absolute Gasteiger partial charge is 0.198 e. The lowest BCUT2D eigenvalue weighted by molar-refractivity contribution is -0.111. The summed E-state index contributed by atoms with van der Waals surface area (Å²) in [6.07, 6.45) is -0.541. The highest BCUT2D eigenvalue weighted by molar-refractivity contribution is 6.44. The van der Waals surface area contributed by atoms with Gasteiger partial charge in [-0.15, -0.1) is 5.10 Å². The minimum Gasteiger partial charge on any atom is -0.493 e. The number of amidine groups is 1. The minimum absolute atomic E-state index is 0.226. The summed E-state index contributed by atoms with van der Waals surface area (Å²) >= 11 is 6.08. The molecule has 0 radical (unpaired) electrons. The second-order valence-corrected chi connectivity index (χ2v) is 7.57. The number of ether oxygens (including phenoxy) is 2. The fourth-order valence-electron chi connectivity index (χ4n) is 3.63. The van der Waals surface area contributed by atoms with Crippen LogP contribution in [0.25, 0.3) is 0 Å². The number of carbonyl (C=O) groups excluding carboxylic acids is 1. The second-order valence-electron chi connectivity index (χ2n) is 7.14. The van der Waals surface area contributed by atoms with E-state index in [1.54, 1.807) is 54.5 Å². The van der Waals surface area contributed by atoms with Gasteiger partial charge in [0.05, 0.1) is 19.9 Å². The summed E-state index contributed by atoms with van der Waals surface area (Å²) in [6, 6.07) is 18.6. The number of nitrogens with zero attached hydrogens (tertiary/aromatic N) is 3. The monoisotopic (exact) mass is 453 g/mol. The SMILES string of the molecule is COc1ccc([C@H]2N(c3ccc(Cl)cc3)N=C(C(C)=O)N2c2ccc(F)cc2)cc1OC. The van der Waals surface area contributed by atoms with E-state index < -0.39 is 6.17 Å². The topological polar surface area (TPSA) is 54.4 Å². The van der Waals surface area contributed by atoms with Crippen molar-refractivity contribution in [2.45, 2.75) is 13.1 Å². The Balaban J connectivity index is 1.91. The fraction of sp³-hybridized carbons (Fsp3) is 0.167. The molecule has 1 heterocycles. The van der Waals surface area contributed by atoms with Crippen LogP contribution in [0.15, 0.2) is 71.8 Å². The minimum atomic E-state index is -0.541. The normalized spacial score (nSPS) is 15.5. The summed E-state index contributed by atoms with van der Waals surface area (Å²) in [5.74, 6) is 0.749. The molecule has 164 valence electrons. The van der Waals surface area contributed by atoms with Crippen LogP contribution in [0.2, 0.25) is 5.02 Å². The molecule has 0 saturated heterocycles. The van der Waals surface area contributed by atoms with Gasteiger partial charge in [-0.25, -0.2) is 9.40 Å². The summed E-state index contributed by atoms with van der Waals surface area (Å²) in [5.41, 5.74) is 2.15. The van der Waals surface area contributed by atoms with Gasteiger partial charge in [0.15, 0.2) is 29.3 Å². The van der Waals surface area contributed by atoms with Gasteiger partial charge in [-0.3, -0.25) is 9.69 Å². The Morgan fingerprint density at radius 2 is 1.56 bits per heavy atom. The van der Waals surface area contributed by atoms with E-state index in [0.717, 1.165) is 11.3 Å². The number of halogens is 2. The lowest BCUT2D eigenvalue weighted by Crippen LogP contribution is -2.37. The zero-order valence-electron chi connectivity index (χ0n) is 17.8. The second kappa shape index (κ2) is 8.88. The maximum Gasteiger partial charge on any atom is 0.198 e. The van der Waals surface area contributed by atoms with Crippen molar-refractivity contribution in [1.29, 1.82) is 0 Å². The van der Waals surface area contributed by atoms with Crippen LogP contribution in [-0.2, 0) is 4.79 Å². The number of benzene rings is 3. The van der Waals surface area contributed by atoms with E-state index in [1.807, 2.05) is 24.3 Å². The molecule has 1 aliphatic heterocycles. The zero-order valence-corrected chi connectivity index (χ0v) is 18.5. The van der Waals surface area contributed by atoms with Gasteiger partial charge < -0.3 is 9.47 Å². The average Bonchev–Trinajstić information content (AvgIpc) is 3.20. The van der Waals surface area contributed by atoms with Crippen molar-refractivity contribution in [2.75, 3.05) is 24.1 Å². The highest BCUT2D eigenvalue weighted by Crippen LogP contribution is 2.41. The van der Waals surface area contributed by atoms with E-state index in [4.69, 9.17) is 21.1 Å². The van der Waals surface area contributed by atoms with E-state index in [9.17, 15) is 9.18 Å². The molecule has 0 aliphatic carbocycles. The van der Waals surface area contributed by atoms with Crippen molar-refractivity contribution in [3.8, 4) is 11.5 Å². The lowest BCUT2D eigenvalue weighted by atomic mass is 10.1. The number of Topliss-reactive ketones (excluding diaryl/α,β-unsaturated/α-hetero) is 1. The molecule has 8 heteroatoms. The molecule has 0 bridgehead atoms. The van der Waals surface area contributed by atoms with Gasteiger partial charge in [0.2, 0.25) is 0 Å². The van der Waals surface area contributed by atoms with Gasteiger partial charge in [-0.2, -0.15) is 0 Å². The maximum absolute atomic E-state index is 13.6. The van der Waals surface area contributed by atoms with Gasteiger partial charge in [0.1, 0.15) is 5.82 Å². The average molecular weight is 454 g/mol. The number of anilines is 2. The number of hydrogen-bond acceptors (Lipinski definition) is 6. The Morgan fingerprint density at radius 1 is 0.938 bits per heavy atom. The Hall–Kier alpha value is -3.58. The van der Waals surface area contributed by atoms with Crippen molar-refractivity contribution in [2.24, 2.45) is 5.10 Å². The first-order valence-corrected chi connectivity index (χ1v) is 10.2. The molecule has 1 aliphatic rings. The third-order valence-corrected chi connectivity index (χ3v) is 5.38. The Kier molecular flexibility index (Phi) is 6.01. The summed E-state index contributed by atoms with van der Waals surface area (Å²) in [5, 5.41) is 6.96. The predicted octanol–water partition coefficient (Wildman–Crippen LogP) is 5.42. The standard InChI is InChI=1S/C24H21ClFN3O3/c1-15(30)23-27-29(20-9-5-17(25)6-10-20)24(28(23)19-11-7-18(26)8-12-19)16-4-13-21(31-2)22(14-16)32-3/h4-14,24H,1-3H3/t24-/m1/s1. The van der Waals surface area contributed by atoms with Crippen molar-refractivity contribution >= 4 is 34.6 Å². The molecule has 0 amide bonds. The molecule has 32 heavy (non-hydrogen) atoms. The van der Waals surface area contributed by atoms with Crippen molar-refractivity contribution in [1.82, 2.24) is 0 Å². The van der Waals surface area contributed by atoms with Gasteiger partial charge in [0, 0.05) is 23.2 Å². The van der Waals surface area contributed by atoms with Crippen LogP contribution in [-0.4, -0.2) is 25.8 Å². The molecule has 6 nitrogen and oxygen atoms in total. The Bertz CT molecular complexity index is 1170. The van der Waals surface area contributed by atoms with Gasteiger partial charge in [-0.05, 0) is 60.7 Å². The molecule has 0 unspecified atom stereocenters. The third kappa shape index (κ3) is 3.99. The number of hydrazone groups is 1. The summed E-state index contributed by atoms with van der Waals surface area (Å²) in [4.78, 5) is 14.4. The largest absolute Gasteiger partial charge is 0.493 e.